The highest BCUT2D eigenvalue weighted by molar-refractivity contribution is 7.80. The molecule has 0 heterocycles. The third-order valence-corrected chi connectivity index (χ3v) is 2.38. The number of thiol groups is 2. The number of hydrogen-bond donors (Lipinski definition) is 6. The van der Waals surface area contributed by atoms with E-state index in [2.05, 4.69) is 30.6 Å². The molecule has 0 aliphatic heterocycles. The standard InChI is InChI=1S/C6H13N3O2S2.C2HF3O2/c7-3(1-12)6(11)9-4(2-13)5(8)10;3-2(4,5)1(6)7/h3-4,12-13H,1-2,7H2,(H2,8,10)(H,9,11);(H,6,7)/t3-,4-;/m1./s1. The lowest BCUT2D eigenvalue weighted by molar-refractivity contribution is -0.192. The van der Waals surface area contributed by atoms with Crippen molar-refractivity contribution in [3.63, 3.8) is 0 Å². The van der Waals surface area contributed by atoms with E-state index < -0.39 is 36.0 Å². The molecule has 0 bridgehead atoms. The number of amides is 2. The minimum atomic E-state index is -5.08. The third kappa shape index (κ3) is 9.75. The Labute approximate surface area is 123 Å². The van der Waals surface area contributed by atoms with E-state index in [1.807, 2.05) is 0 Å². The second kappa shape index (κ2) is 9.72. The fourth-order valence-corrected chi connectivity index (χ4v) is 1.01. The topological polar surface area (TPSA) is 136 Å². The first-order valence-electron chi connectivity index (χ1n) is 4.84. The van der Waals surface area contributed by atoms with Crippen molar-refractivity contribution in [2.45, 2.75) is 18.3 Å². The van der Waals surface area contributed by atoms with Crippen LogP contribution in [0.15, 0.2) is 0 Å². The quantitative estimate of drug-likeness (QED) is 0.349. The van der Waals surface area contributed by atoms with Crippen LogP contribution in [0.4, 0.5) is 13.2 Å². The summed E-state index contributed by atoms with van der Waals surface area (Å²) in [5.74, 6) is -3.47. The number of carboxylic acids is 1. The zero-order chi connectivity index (χ0) is 16.5. The van der Waals surface area contributed by atoms with Crippen molar-refractivity contribution in [3.05, 3.63) is 0 Å². The molecule has 0 saturated heterocycles. The van der Waals surface area contributed by atoms with Crippen LogP contribution in [0.5, 0.6) is 0 Å². The molecule has 0 aromatic rings. The van der Waals surface area contributed by atoms with Crippen LogP contribution in [-0.4, -0.2) is 52.7 Å². The Morgan fingerprint density at radius 1 is 1.20 bits per heavy atom. The van der Waals surface area contributed by atoms with Gasteiger partial charge in [-0.05, 0) is 0 Å². The zero-order valence-electron chi connectivity index (χ0n) is 9.92. The van der Waals surface area contributed by atoms with E-state index in [-0.39, 0.29) is 11.5 Å². The van der Waals surface area contributed by atoms with Gasteiger partial charge in [-0.3, -0.25) is 9.59 Å². The van der Waals surface area contributed by atoms with Crippen LogP contribution < -0.4 is 16.8 Å². The van der Waals surface area contributed by atoms with Crippen LogP contribution in [0.25, 0.3) is 0 Å². The molecule has 12 heteroatoms. The summed E-state index contributed by atoms with van der Waals surface area (Å²) in [5, 5.41) is 9.48. The smallest absolute Gasteiger partial charge is 0.475 e. The van der Waals surface area contributed by atoms with Gasteiger partial charge in [-0.2, -0.15) is 38.4 Å². The second-order valence-electron chi connectivity index (χ2n) is 3.24. The highest BCUT2D eigenvalue weighted by Gasteiger charge is 2.38. The van der Waals surface area contributed by atoms with Crippen molar-refractivity contribution >= 4 is 43.0 Å². The summed E-state index contributed by atoms with van der Waals surface area (Å²) in [6.07, 6.45) is -5.08. The number of carbonyl (C=O) groups is 3. The van der Waals surface area contributed by atoms with Crippen molar-refractivity contribution in [2.24, 2.45) is 11.5 Å². The molecule has 0 fully saturated rings. The van der Waals surface area contributed by atoms with Crippen molar-refractivity contribution in [2.75, 3.05) is 11.5 Å². The Bertz CT molecular complexity index is 354. The van der Waals surface area contributed by atoms with E-state index in [4.69, 9.17) is 21.4 Å². The van der Waals surface area contributed by atoms with Gasteiger partial charge in [-0.25, -0.2) is 4.79 Å². The number of hydrogen-bond acceptors (Lipinski definition) is 6. The Morgan fingerprint density at radius 2 is 1.60 bits per heavy atom. The second-order valence-corrected chi connectivity index (χ2v) is 3.97. The number of carboxylic acid groups (broad SMARTS) is 1. The fourth-order valence-electron chi connectivity index (χ4n) is 0.568. The van der Waals surface area contributed by atoms with Crippen LogP contribution in [0, 0.1) is 0 Å². The van der Waals surface area contributed by atoms with Crippen molar-refractivity contribution < 1.29 is 32.7 Å². The molecule has 20 heavy (non-hydrogen) atoms. The first-order valence-corrected chi connectivity index (χ1v) is 6.10. The highest BCUT2D eigenvalue weighted by atomic mass is 32.1. The highest BCUT2D eigenvalue weighted by Crippen LogP contribution is 2.13. The summed E-state index contributed by atoms with van der Waals surface area (Å²) in [6.45, 7) is 0. The summed E-state index contributed by atoms with van der Waals surface area (Å²) < 4.78 is 31.7. The number of alkyl halides is 3. The molecule has 7 nitrogen and oxygen atoms in total. The molecule has 0 aromatic heterocycles. The molecule has 0 rings (SSSR count). The monoisotopic (exact) mass is 337 g/mol. The Morgan fingerprint density at radius 3 is 1.80 bits per heavy atom. The van der Waals surface area contributed by atoms with Gasteiger partial charge >= 0.3 is 12.1 Å². The number of rotatable bonds is 5. The predicted molar refractivity (Wildman–Crippen MR) is 70.5 cm³/mol. The van der Waals surface area contributed by atoms with Crippen LogP contribution in [0.2, 0.25) is 0 Å². The van der Waals surface area contributed by atoms with Gasteiger partial charge in [0.25, 0.3) is 0 Å². The maximum absolute atomic E-state index is 11.1. The maximum Gasteiger partial charge on any atom is 0.490 e. The number of aliphatic carboxylic acids is 1. The number of halogens is 3. The van der Waals surface area contributed by atoms with Gasteiger partial charge in [0.2, 0.25) is 11.8 Å². The molecule has 118 valence electrons. The summed E-state index contributed by atoms with van der Waals surface area (Å²) in [5.41, 5.74) is 10.3. The maximum atomic E-state index is 11.1. The molecular weight excluding hydrogens is 323 g/mol. The van der Waals surface area contributed by atoms with Gasteiger partial charge in [0.05, 0.1) is 6.04 Å². The van der Waals surface area contributed by atoms with E-state index in [9.17, 15) is 22.8 Å². The van der Waals surface area contributed by atoms with Gasteiger partial charge in [-0.1, -0.05) is 0 Å². The van der Waals surface area contributed by atoms with Crippen LogP contribution in [0.3, 0.4) is 0 Å². The largest absolute Gasteiger partial charge is 0.490 e. The van der Waals surface area contributed by atoms with E-state index in [1.165, 1.54) is 0 Å². The van der Waals surface area contributed by atoms with Gasteiger partial charge in [0.15, 0.2) is 0 Å². The molecule has 2 amide bonds. The first-order chi connectivity index (χ1) is 8.97. The minimum absolute atomic E-state index is 0.153. The summed E-state index contributed by atoms with van der Waals surface area (Å²) in [4.78, 5) is 30.7. The average Bonchev–Trinajstić information content (AvgIpc) is 2.33. The van der Waals surface area contributed by atoms with E-state index in [1.54, 1.807) is 0 Å². The van der Waals surface area contributed by atoms with E-state index in [0.717, 1.165) is 0 Å². The third-order valence-electron chi connectivity index (χ3n) is 1.62. The molecule has 0 radical (unpaired) electrons. The molecule has 0 aliphatic carbocycles. The van der Waals surface area contributed by atoms with E-state index in [0.29, 0.717) is 0 Å². The fraction of sp³-hybridized carbons (Fsp3) is 0.625. The molecule has 0 unspecified atom stereocenters. The predicted octanol–water partition coefficient (Wildman–Crippen LogP) is -1.22. The van der Waals surface area contributed by atoms with E-state index >= 15 is 0 Å². The minimum Gasteiger partial charge on any atom is -0.475 e. The number of carbonyl (C=O) groups excluding carboxylic acids is 2. The molecule has 0 saturated carbocycles. The SMILES string of the molecule is NC(=O)[C@@H](CS)NC(=O)[C@H](N)CS.O=C(O)C(F)(F)F. The van der Waals surface area contributed by atoms with Crippen molar-refractivity contribution in [1.29, 1.82) is 0 Å². The van der Waals surface area contributed by atoms with Gasteiger partial charge in [-0.15, -0.1) is 0 Å². The van der Waals surface area contributed by atoms with Gasteiger partial charge < -0.3 is 21.9 Å². The van der Waals surface area contributed by atoms with Crippen molar-refractivity contribution in [1.82, 2.24) is 5.32 Å². The van der Waals surface area contributed by atoms with Crippen LogP contribution in [-0.2, 0) is 14.4 Å². The summed E-state index contributed by atoms with van der Waals surface area (Å²) >= 11 is 7.69. The molecule has 6 N–H and O–H groups in total. The molecule has 2 atom stereocenters. The molecule has 0 spiro atoms. The lowest BCUT2D eigenvalue weighted by Gasteiger charge is -2.15. The summed E-state index contributed by atoms with van der Waals surface area (Å²) in [7, 11) is 0. The van der Waals surface area contributed by atoms with Crippen LogP contribution >= 0.6 is 25.3 Å². The Kier molecular flexibility index (Phi) is 10.3. The van der Waals surface area contributed by atoms with Gasteiger partial charge in [0, 0.05) is 11.5 Å². The Balaban J connectivity index is 0. The molecular formula is C8H14F3N3O4S2. The normalized spacial score (nSPS) is 13.5. The van der Waals surface area contributed by atoms with Crippen molar-refractivity contribution in [3.8, 4) is 0 Å². The number of nitrogens with one attached hydrogen (secondary N) is 1. The summed E-state index contributed by atoms with van der Waals surface area (Å²) in [6, 6.07) is -1.51. The Hall–Kier alpha value is -1.14. The lowest BCUT2D eigenvalue weighted by Crippen LogP contribution is -2.51. The molecule has 0 aliphatic rings. The average molecular weight is 337 g/mol. The number of nitrogens with two attached hydrogens (primary N) is 2. The van der Waals surface area contributed by atoms with Crippen LogP contribution in [0.1, 0.15) is 0 Å². The first kappa shape index (κ1) is 21.2. The number of primary amides is 1. The zero-order valence-corrected chi connectivity index (χ0v) is 11.7. The molecule has 0 aromatic carbocycles. The lowest BCUT2D eigenvalue weighted by atomic mass is 10.2. The van der Waals surface area contributed by atoms with Gasteiger partial charge in [0.1, 0.15) is 6.04 Å².